The van der Waals surface area contributed by atoms with Crippen LogP contribution in [-0.4, -0.2) is 14.4 Å². The Kier molecular flexibility index (Phi) is 10.6. The largest absolute Gasteiger partial charge is 0.411 e. The van der Waals surface area contributed by atoms with E-state index in [0.29, 0.717) is 6.10 Å². The van der Waals surface area contributed by atoms with Crippen molar-refractivity contribution in [1.29, 1.82) is 0 Å². The standard InChI is InChI=1S/C14H29BrOSi/c1-5-9-10-11-14(12-13-15)16-17(6-2,7-3)8-4/h12-14H,5-11H2,1-4H3/b13-12+. The van der Waals surface area contributed by atoms with E-state index < -0.39 is 8.32 Å². The molecule has 0 aromatic rings. The minimum Gasteiger partial charge on any atom is -0.411 e. The second-order valence-electron chi connectivity index (χ2n) is 4.71. The van der Waals surface area contributed by atoms with Crippen LogP contribution in [0.2, 0.25) is 18.1 Å². The van der Waals surface area contributed by atoms with Crippen molar-refractivity contribution in [2.45, 2.75) is 77.6 Å². The van der Waals surface area contributed by atoms with Crippen LogP contribution in [0, 0.1) is 0 Å². The van der Waals surface area contributed by atoms with Crippen LogP contribution >= 0.6 is 15.9 Å². The third-order valence-corrected chi connectivity index (χ3v) is 8.69. The van der Waals surface area contributed by atoms with Crippen molar-refractivity contribution in [2.75, 3.05) is 0 Å². The summed E-state index contributed by atoms with van der Waals surface area (Å²) in [5.74, 6) is 0. The van der Waals surface area contributed by atoms with E-state index in [1.54, 1.807) is 0 Å². The van der Waals surface area contributed by atoms with Crippen LogP contribution in [-0.2, 0) is 4.43 Å². The van der Waals surface area contributed by atoms with E-state index in [1.165, 1.54) is 43.8 Å². The smallest absolute Gasteiger partial charge is 0.192 e. The molecule has 0 rings (SSSR count). The van der Waals surface area contributed by atoms with Crippen LogP contribution in [0.15, 0.2) is 11.1 Å². The Morgan fingerprint density at radius 1 is 1.06 bits per heavy atom. The normalized spacial score (nSPS) is 14.4. The molecule has 0 saturated heterocycles. The van der Waals surface area contributed by atoms with Gasteiger partial charge in [0.25, 0.3) is 0 Å². The zero-order valence-electron chi connectivity index (χ0n) is 12.0. The predicted molar refractivity (Wildman–Crippen MR) is 84.3 cm³/mol. The minimum absolute atomic E-state index is 0.326. The van der Waals surface area contributed by atoms with E-state index >= 15 is 0 Å². The molecule has 0 aromatic carbocycles. The average Bonchev–Trinajstić information content (AvgIpc) is 2.36. The summed E-state index contributed by atoms with van der Waals surface area (Å²) in [6.07, 6.45) is 7.55. The molecule has 0 aliphatic rings. The summed E-state index contributed by atoms with van der Waals surface area (Å²) in [6, 6.07) is 3.71. The van der Waals surface area contributed by atoms with Crippen molar-refractivity contribution < 1.29 is 4.43 Å². The second-order valence-corrected chi connectivity index (χ2v) is 9.97. The molecule has 0 aromatic heterocycles. The summed E-state index contributed by atoms with van der Waals surface area (Å²) >= 11 is 3.39. The fraction of sp³-hybridized carbons (Fsp3) is 0.857. The van der Waals surface area contributed by atoms with E-state index in [4.69, 9.17) is 4.43 Å². The topological polar surface area (TPSA) is 9.23 Å². The first-order valence-electron chi connectivity index (χ1n) is 7.12. The maximum absolute atomic E-state index is 6.49. The van der Waals surface area contributed by atoms with Crippen LogP contribution in [0.25, 0.3) is 0 Å². The molecule has 0 saturated carbocycles. The first-order chi connectivity index (χ1) is 8.17. The lowest BCUT2D eigenvalue weighted by molar-refractivity contribution is 0.218. The third kappa shape index (κ3) is 6.78. The van der Waals surface area contributed by atoms with Crippen molar-refractivity contribution in [3.8, 4) is 0 Å². The zero-order chi connectivity index (χ0) is 13.1. The molecule has 0 aliphatic carbocycles. The Hall–Kier alpha value is 0.397. The van der Waals surface area contributed by atoms with E-state index in [1.807, 2.05) is 4.99 Å². The van der Waals surface area contributed by atoms with Crippen molar-refractivity contribution in [3.05, 3.63) is 11.1 Å². The van der Waals surface area contributed by atoms with Gasteiger partial charge in [-0.2, -0.15) is 0 Å². The van der Waals surface area contributed by atoms with Gasteiger partial charge in [0, 0.05) is 0 Å². The van der Waals surface area contributed by atoms with Crippen LogP contribution in [0.3, 0.4) is 0 Å². The molecule has 0 radical (unpaired) electrons. The lowest BCUT2D eigenvalue weighted by Crippen LogP contribution is -2.39. The summed E-state index contributed by atoms with van der Waals surface area (Å²) in [4.78, 5) is 1.96. The molecule has 0 spiro atoms. The molecule has 0 heterocycles. The van der Waals surface area contributed by atoms with Crippen LogP contribution in [0.5, 0.6) is 0 Å². The molecule has 1 atom stereocenters. The Labute approximate surface area is 117 Å². The van der Waals surface area contributed by atoms with Gasteiger partial charge in [-0.3, -0.25) is 0 Å². The van der Waals surface area contributed by atoms with Gasteiger partial charge in [0.1, 0.15) is 0 Å². The summed E-state index contributed by atoms with van der Waals surface area (Å²) in [6.45, 7) is 9.12. The lowest BCUT2D eigenvalue weighted by Gasteiger charge is -2.32. The number of unbranched alkanes of at least 4 members (excludes halogenated alkanes) is 2. The van der Waals surface area contributed by atoms with Gasteiger partial charge < -0.3 is 4.43 Å². The van der Waals surface area contributed by atoms with Gasteiger partial charge in [0.2, 0.25) is 0 Å². The van der Waals surface area contributed by atoms with E-state index in [2.05, 4.69) is 49.7 Å². The summed E-state index contributed by atoms with van der Waals surface area (Å²) in [5, 5.41) is 0. The van der Waals surface area contributed by atoms with Crippen molar-refractivity contribution in [2.24, 2.45) is 0 Å². The SMILES string of the molecule is CCCCCC(/C=C/Br)O[Si](CC)(CC)CC. The summed E-state index contributed by atoms with van der Waals surface area (Å²) in [5.41, 5.74) is 0. The third-order valence-electron chi connectivity index (χ3n) is 3.71. The maximum atomic E-state index is 6.49. The molecule has 0 bridgehead atoms. The maximum Gasteiger partial charge on any atom is 0.192 e. The quantitative estimate of drug-likeness (QED) is 0.361. The highest BCUT2D eigenvalue weighted by Gasteiger charge is 2.30. The number of hydrogen-bond acceptors (Lipinski definition) is 1. The molecule has 1 nitrogen and oxygen atoms in total. The summed E-state index contributed by atoms with van der Waals surface area (Å²) in [7, 11) is -1.45. The first-order valence-corrected chi connectivity index (χ1v) is 10.6. The molecule has 17 heavy (non-hydrogen) atoms. The van der Waals surface area contributed by atoms with Crippen LogP contribution < -0.4 is 0 Å². The van der Waals surface area contributed by atoms with Gasteiger partial charge in [-0.15, -0.1) is 0 Å². The summed E-state index contributed by atoms with van der Waals surface area (Å²) < 4.78 is 6.49. The fourth-order valence-corrected chi connectivity index (χ4v) is 5.37. The Morgan fingerprint density at radius 3 is 2.06 bits per heavy atom. The highest BCUT2D eigenvalue weighted by atomic mass is 79.9. The van der Waals surface area contributed by atoms with E-state index in [-0.39, 0.29) is 0 Å². The van der Waals surface area contributed by atoms with Crippen LogP contribution in [0.4, 0.5) is 0 Å². The van der Waals surface area contributed by atoms with Crippen molar-refractivity contribution in [1.82, 2.24) is 0 Å². The number of rotatable bonds is 10. The molecular formula is C14H29BrOSi. The van der Waals surface area contributed by atoms with E-state index in [9.17, 15) is 0 Å². The molecule has 0 aliphatic heterocycles. The molecule has 0 fully saturated rings. The predicted octanol–water partition coefficient (Wildman–Crippen LogP) is 5.87. The second kappa shape index (κ2) is 10.3. The molecular weight excluding hydrogens is 292 g/mol. The first kappa shape index (κ1) is 17.4. The Bertz CT molecular complexity index is 194. The molecule has 3 heteroatoms. The number of halogens is 1. The number of hydrogen-bond donors (Lipinski definition) is 0. The van der Waals surface area contributed by atoms with E-state index in [0.717, 1.165) is 0 Å². The van der Waals surface area contributed by atoms with Gasteiger partial charge in [-0.1, -0.05) is 69.0 Å². The minimum atomic E-state index is -1.45. The zero-order valence-corrected chi connectivity index (χ0v) is 14.6. The monoisotopic (exact) mass is 320 g/mol. The Balaban J connectivity index is 4.38. The van der Waals surface area contributed by atoms with Gasteiger partial charge in [-0.05, 0) is 29.5 Å². The molecule has 1 unspecified atom stereocenters. The van der Waals surface area contributed by atoms with Gasteiger partial charge in [-0.25, -0.2) is 0 Å². The lowest BCUT2D eigenvalue weighted by atomic mass is 10.1. The molecule has 0 amide bonds. The fourth-order valence-electron chi connectivity index (χ4n) is 2.19. The average molecular weight is 321 g/mol. The van der Waals surface area contributed by atoms with Crippen molar-refractivity contribution in [3.63, 3.8) is 0 Å². The Morgan fingerprint density at radius 2 is 1.65 bits per heavy atom. The molecule has 0 N–H and O–H groups in total. The van der Waals surface area contributed by atoms with Gasteiger partial charge in [0.15, 0.2) is 8.32 Å². The van der Waals surface area contributed by atoms with Gasteiger partial charge >= 0.3 is 0 Å². The van der Waals surface area contributed by atoms with Gasteiger partial charge in [0.05, 0.1) is 6.10 Å². The highest BCUT2D eigenvalue weighted by Crippen LogP contribution is 2.25. The van der Waals surface area contributed by atoms with Crippen molar-refractivity contribution >= 4 is 24.2 Å². The van der Waals surface area contributed by atoms with Crippen LogP contribution in [0.1, 0.15) is 53.4 Å². The highest BCUT2D eigenvalue weighted by molar-refractivity contribution is 9.11. The molecule has 102 valence electrons.